The maximum absolute atomic E-state index is 13.2. The van der Waals surface area contributed by atoms with Crippen LogP contribution in [0.2, 0.25) is 0 Å². The van der Waals surface area contributed by atoms with Gasteiger partial charge in [0.25, 0.3) is 0 Å². The summed E-state index contributed by atoms with van der Waals surface area (Å²) in [5.74, 6) is -3.01. The third kappa shape index (κ3) is 7.08. The SMILES string of the molecule is CC(=O)c1ccc2[nH]c3c(c2c1)CCN(C(=O)NCC(=O)O)C31CCN(CCOc2ccccc2)C1.O=C(O)C(F)(F)F. The molecule has 1 atom stereocenters. The minimum atomic E-state index is -5.08. The quantitative estimate of drug-likeness (QED) is 0.299. The van der Waals surface area contributed by atoms with Crippen molar-refractivity contribution in [3.63, 3.8) is 0 Å². The first-order chi connectivity index (χ1) is 20.3. The molecule has 230 valence electrons. The van der Waals surface area contributed by atoms with E-state index in [2.05, 4.69) is 15.2 Å². The molecule has 5 rings (SSSR count). The number of alkyl halides is 3. The number of hydrogen-bond donors (Lipinski definition) is 4. The van der Waals surface area contributed by atoms with E-state index < -0.39 is 30.2 Å². The summed E-state index contributed by atoms with van der Waals surface area (Å²) < 4.78 is 37.6. The van der Waals surface area contributed by atoms with Crippen molar-refractivity contribution in [2.45, 2.75) is 31.5 Å². The predicted octanol–water partition coefficient (Wildman–Crippen LogP) is 3.64. The number of carbonyl (C=O) groups excluding carboxylic acids is 2. The van der Waals surface area contributed by atoms with Gasteiger partial charge in [-0.05, 0) is 55.7 Å². The molecule has 43 heavy (non-hydrogen) atoms. The largest absolute Gasteiger partial charge is 0.492 e. The van der Waals surface area contributed by atoms with Gasteiger partial charge in [-0.25, -0.2) is 9.59 Å². The van der Waals surface area contributed by atoms with Gasteiger partial charge in [-0.15, -0.1) is 0 Å². The van der Waals surface area contributed by atoms with Gasteiger partial charge < -0.3 is 30.2 Å². The van der Waals surface area contributed by atoms with E-state index in [1.165, 1.54) is 0 Å². The number of hydrogen-bond acceptors (Lipinski definition) is 6. The monoisotopic (exact) mass is 604 g/mol. The number of likely N-dealkylation sites (tertiary alicyclic amines) is 1. The van der Waals surface area contributed by atoms with Crippen LogP contribution in [0, 0.1) is 0 Å². The number of fused-ring (bicyclic) bond motifs is 4. The van der Waals surface area contributed by atoms with Crippen LogP contribution in [0.15, 0.2) is 48.5 Å². The van der Waals surface area contributed by atoms with Gasteiger partial charge >= 0.3 is 24.1 Å². The summed E-state index contributed by atoms with van der Waals surface area (Å²) in [6, 6.07) is 15.0. The molecule has 0 saturated carbocycles. The highest BCUT2D eigenvalue weighted by molar-refractivity contribution is 5.99. The second-order valence-electron chi connectivity index (χ2n) is 10.3. The second-order valence-corrected chi connectivity index (χ2v) is 10.3. The van der Waals surface area contributed by atoms with Gasteiger partial charge in [0.05, 0.1) is 5.54 Å². The average molecular weight is 605 g/mol. The van der Waals surface area contributed by atoms with E-state index in [1.54, 1.807) is 11.8 Å². The Morgan fingerprint density at radius 3 is 2.40 bits per heavy atom. The van der Waals surface area contributed by atoms with Crippen LogP contribution in [0.5, 0.6) is 5.75 Å². The third-order valence-corrected chi connectivity index (χ3v) is 7.50. The Bertz CT molecular complexity index is 1510. The van der Waals surface area contributed by atoms with E-state index in [9.17, 15) is 27.6 Å². The Morgan fingerprint density at radius 2 is 1.77 bits per heavy atom. The molecular formula is C29H31F3N4O7. The van der Waals surface area contributed by atoms with E-state index in [0.29, 0.717) is 44.6 Å². The van der Waals surface area contributed by atoms with Crippen molar-refractivity contribution in [1.29, 1.82) is 0 Å². The van der Waals surface area contributed by atoms with Gasteiger partial charge in [0.15, 0.2) is 5.78 Å². The van der Waals surface area contributed by atoms with Gasteiger partial charge in [-0.1, -0.05) is 18.2 Å². The van der Waals surface area contributed by atoms with Crippen molar-refractivity contribution >= 4 is 34.7 Å². The molecule has 2 aliphatic rings. The molecule has 3 aromatic rings. The van der Waals surface area contributed by atoms with Crippen molar-refractivity contribution < 1.29 is 47.3 Å². The number of aromatic nitrogens is 1. The van der Waals surface area contributed by atoms with Gasteiger partial charge in [0.2, 0.25) is 0 Å². The summed E-state index contributed by atoms with van der Waals surface area (Å²) in [4.78, 5) is 52.8. The van der Waals surface area contributed by atoms with E-state index >= 15 is 0 Å². The molecule has 2 aromatic carbocycles. The summed E-state index contributed by atoms with van der Waals surface area (Å²) in [5.41, 5.74) is 3.06. The van der Waals surface area contributed by atoms with Crippen molar-refractivity contribution in [2.24, 2.45) is 0 Å². The number of Topliss-reactive ketones (excluding diaryl/α,β-unsaturated/α-hetero) is 1. The smallest absolute Gasteiger partial charge is 0.490 e. The molecule has 1 unspecified atom stereocenters. The number of H-pyrrole nitrogens is 1. The van der Waals surface area contributed by atoms with E-state index in [0.717, 1.165) is 34.5 Å². The Hall–Kier alpha value is -4.59. The first kappa shape index (κ1) is 31.3. The number of rotatable bonds is 7. The van der Waals surface area contributed by atoms with Gasteiger partial charge in [-0.2, -0.15) is 13.2 Å². The number of aliphatic carboxylic acids is 2. The number of carbonyl (C=O) groups is 4. The van der Waals surface area contributed by atoms with E-state index in [4.69, 9.17) is 19.7 Å². The Balaban J connectivity index is 0.000000541. The van der Waals surface area contributed by atoms with Crippen molar-refractivity contribution in [3.8, 4) is 5.75 Å². The number of urea groups is 1. The van der Waals surface area contributed by atoms with Gasteiger partial charge in [0.1, 0.15) is 18.9 Å². The molecule has 3 heterocycles. The Kier molecular flexibility index (Phi) is 9.28. The van der Waals surface area contributed by atoms with Gasteiger partial charge in [0, 0.05) is 48.3 Å². The maximum Gasteiger partial charge on any atom is 0.490 e. The predicted molar refractivity (Wildman–Crippen MR) is 148 cm³/mol. The molecule has 14 heteroatoms. The summed E-state index contributed by atoms with van der Waals surface area (Å²) >= 11 is 0. The molecule has 4 N–H and O–H groups in total. The number of para-hydroxylation sites is 1. The molecule has 1 spiro atoms. The zero-order valence-electron chi connectivity index (χ0n) is 23.2. The standard InChI is InChI=1S/C27H30N4O5.C2HF3O2/c1-18(32)19-7-8-23-22(15-19)21-9-11-31(26(35)28-16-24(33)34)27(25(21)29-23)10-12-30(17-27)13-14-36-20-5-3-2-4-6-20;3-2(4,5)1(6)7/h2-8,15,29H,9-14,16-17H2,1H3,(H,28,35)(H,33,34);(H,6,7). The van der Waals surface area contributed by atoms with Crippen LogP contribution >= 0.6 is 0 Å². The number of carboxylic acid groups (broad SMARTS) is 2. The molecule has 1 saturated heterocycles. The second kappa shape index (κ2) is 12.7. The number of nitrogens with one attached hydrogen (secondary N) is 2. The fourth-order valence-electron chi connectivity index (χ4n) is 5.53. The zero-order chi connectivity index (χ0) is 31.4. The van der Waals surface area contributed by atoms with Gasteiger partial charge in [-0.3, -0.25) is 14.5 Å². The highest BCUT2D eigenvalue weighted by atomic mass is 19.4. The number of nitrogens with zero attached hydrogens (tertiary/aromatic N) is 2. The van der Waals surface area contributed by atoms with Crippen molar-refractivity contribution in [1.82, 2.24) is 20.1 Å². The van der Waals surface area contributed by atoms with E-state index in [1.807, 2.05) is 48.5 Å². The molecule has 1 fully saturated rings. The normalized spacial score (nSPS) is 18.1. The first-order valence-corrected chi connectivity index (χ1v) is 13.5. The molecule has 2 amide bonds. The van der Waals surface area contributed by atoms with Crippen LogP contribution in [-0.2, 0) is 21.5 Å². The molecule has 0 aliphatic carbocycles. The van der Waals surface area contributed by atoms with Crippen LogP contribution in [0.4, 0.5) is 18.0 Å². The lowest BCUT2D eigenvalue weighted by molar-refractivity contribution is -0.192. The lowest BCUT2D eigenvalue weighted by Gasteiger charge is -2.44. The van der Waals surface area contributed by atoms with Crippen LogP contribution < -0.4 is 10.1 Å². The Morgan fingerprint density at radius 1 is 1.07 bits per heavy atom. The molecule has 1 aromatic heterocycles. The fraction of sp³-hybridized carbons (Fsp3) is 0.379. The highest BCUT2D eigenvalue weighted by Crippen LogP contribution is 2.44. The van der Waals surface area contributed by atoms with Crippen molar-refractivity contribution in [3.05, 3.63) is 65.4 Å². The summed E-state index contributed by atoms with van der Waals surface area (Å²) in [6.45, 7) is 4.19. The van der Waals surface area contributed by atoms with E-state index in [-0.39, 0.29) is 11.8 Å². The molecular weight excluding hydrogens is 573 g/mol. The number of halogens is 3. The van der Waals surface area contributed by atoms with Crippen molar-refractivity contribution in [2.75, 3.05) is 39.3 Å². The molecule has 0 bridgehead atoms. The summed E-state index contributed by atoms with van der Waals surface area (Å²) in [6.07, 6.45) is -3.76. The van der Waals surface area contributed by atoms with Crippen LogP contribution in [0.3, 0.4) is 0 Å². The topological polar surface area (TPSA) is 152 Å². The number of amides is 2. The third-order valence-electron chi connectivity index (χ3n) is 7.50. The Labute approximate surface area is 244 Å². The molecule has 11 nitrogen and oxygen atoms in total. The molecule has 0 radical (unpaired) electrons. The number of ether oxygens (including phenoxy) is 1. The minimum Gasteiger partial charge on any atom is -0.492 e. The highest BCUT2D eigenvalue weighted by Gasteiger charge is 2.51. The molecule has 2 aliphatic heterocycles. The van der Waals surface area contributed by atoms with Crippen LogP contribution in [0.1, 0.15) is 35.0 Å². The zero-order valence-corrected chi connectivity index (χ0v) is 23.2. The number of ketones is 1. The van der Waals surface area contributed by atoms with Crippen LogP contribution in [0.25, 0.3) is 10.9 Å². The lowest BCUT2D eigenvalue weighted by Crippen LogP contribution is -2.58. The summed E-state index contributed by atoms with van der Waals surface area (Å²) in [5, 5.41) is 19.8. The number of aromatic amines is 1. The average Bonchev–Trinajstić information content (AvgIpc) is 3.55. The van der Waals surface area contributed by atoms with Crippen LogP contribution in [-0.4, -0.2) is 94.3 Å². The number of carboxylic acids is 2. The fourth-order valence-corrected chi connectivity index (χ4v) is 5.53. The first-order valence-electron chi connectivity index (χ1n) is 13.5. The lowest BCUT2D eigenvalue weighted by atomic mass is 9.84. The maximum atomic E-state index is 13.2. The number of benzene rings is 2. The summed E-state index contributed by atoms with van der Waals surface area (Å²) in [7, 11) is 0. The minimum absolute atomic E-state index is 0.0116.